The van der Waals surface area contributed by atoms with Crippen molar-refractivity contribution in [2.24, 2.45) is 0 Å². The van der Waals surface area contributed by atoms with Crippen LogP contribution in [0.5, 0.6) is 0 Å². The molecule has 27 heavy (non-hydrogen) atoms. The lowest BCUT2D eigenvalue weighted by Gasteiger charge is -2.08. The van der Waals surface area contributed by atoms with Gasteiger partial charge in [-0.3, -0.25) is 4.79 Å². The summed E-state index contributed by atoms with van der Waals surface area (Å²) in [5.74, 6) is -0.155. The number of benzene rings is 3. The van der Waals surface area contributed by atoms with Gasteiger partial charge in [-0.05, 0) is 60.9 Å². The highest BCUT2D eigenvalue weighted by Crippen LogP contribution is 2.18. The highest BCUT2D eigenvalue weighted by atomic mass is 16.1. The van der Waals surface area contributed by atoms with Crippen LogP contribution in [-0.4, -0.2) is 20.9 Å². The van der Waals surface area contributed by atoms with Gasteiger partial charge in [0.15, 0.2) is 0 Å². The number of nitrogens with one attached hydrogen (secondary N) is 1. The Hall–Kier alpha value is -3.47. The van der Waals surface area contributed by atoms with Gasteiger partial charge in [-0.25, -0.2) is 4.68 Å². The van der Waals surface area contributed by atoms with E-state index in [0.29, 0.717) is 17.6 Å². The number of nitrogens with zero attached hydrogens (tertiary/aromatic N) is 3. The predicted octanol–water partition coefficient (Wildman–Crippen LogP) is 4.35. The Morgan fingerprint density at radius 2 is 1.78 bits per heavy atom. The molecule has 0 fully saturated rings. The molecule has 4 aromatic rings. The summed E-state index contributed by atoms with van der Waals surface area (Å²) in [6.07, 6.45) is 0. The summed E-state index contributed by atoms with van der Waals surface area (Å²) in [6, 6.07) is 21.5. The van der Waals surface area contributed by atoms with Crippen LogP contribution in [0.3, 0.4) is 0 Å². The van der Waals surface area contributed by atoms with Gasteiger partial charge in [0.2, 0.25) is 0 Å². The molecule has 0 aliphatic rings. The normalized spacial score (nSPS) is 10.9. The minimum Gasteiger partial charge on any atom is -0.322 e. The fraction of sp³-hybridized carbons (Fsp3) is 0.136. The first-order valence-electron chi connectivity index (χ1n) is 8.86. The second-order valence-corrected chi connectivity index (χ2v) is 6.69. The zero-order chi connectivity index (χ0) is 18.8. The van der Waals surface area contributed by atoms with E-state index >= 15 is 0 Å². The summed E-state index contributed by atoms with van der Waals surface area (Å²) >= 11 is 0. The first-order chi connectivity index (χ1) is 13.1. The Labute approximate surface area is 157 Å². The topological polar surface area (TPSA) is 59.8 Å². The highest BCUT2D eigenvalue weighted by molar-refractivity contribution is 6.05. The summed E-state index contributed by atoms with van der Waals surface area (Å²) in [5.41, 5.74) is 6.46. The molecule has 1 aromatic heterocycles. The Bertz CT molecular complexity index is 1120. The Morgan fingerprint density at radius 3 is 2.56 bits per heavy atom. The van der Waals surface area contributed by atoms with Crippen LogP contribution in [-0.2, 0) is 6.54 Å². The third-order valence-electron chi connectivity index (χ3n) is 4.72. The molecule has 0 atom stereocenters. The van der Waals surface area contributed by atoms with E-state index in [9.17, 15) is 4.79 Å². The van der Waals surface area contributed by atoms with Crippen molar-refractivity contribution in [1.29, 1.82) is 0 Å². The molecule has 0 radical (unpaired) electrons. The lowest BCUT2D eigenvalue weighted by atomic mass is 10.1. The number of hydrogen-bond acceptors (Lipinski definition) is 3. The number of hydrogen-bond donors (Lipinski definition) is 1. The van der Waals surface area contributed by atoms with E-state index in [1.54, 1.807) is 6.07 Å². The molecule has 0 bridgehead atoms. The molecule has 5 nitrogen and oxygen atoms in total. The number of anilines is 1. The van der Waals surface area contributed by atoms with E-state index in [0.717, 1.165) is 22.3 Å². The number of aryl methyl sites for hydroxylation is 2. The molecule has 0 saturated carbocycles. The van der Waals surface area contributed by atoms with Gasteiger partial charge in [0.25, 0.3) is 5.91 Å². The van der Waals surface area contributed by atoms with Crippen LogP contribution in [0.2, 0.25) is 0 Å². The fourth-order valence-electron chi connectivity index (χ4n) is 3.01. The number of amides is 1. The van der Waals surface area contributed by atoms with Crippen molar-refractivity contribution in [2.45, 2.75) is 20.4 Å². The van der Waals surface area contributed by atoms with Gasteiger partial charge in [0.1, 0.15) is 5.52 Å². The molecule has 5 heteroatoms. The third-order valence-corrected chi connectivity index (χ3v) is 4.72. The van der Waals surface area contributed by atoms with Crippen molar-refractivity contribution >= 4 is 22.6 Å². The van der Waals surface area contributed by atoms with Crippen molar-refractivity contribution in [2.75, 3.05) is 5.32 Å². The van der Waals surface area contributed by atoms with Crippen LogP contribution < -0.4 is 5.32 Å². The SMILES string of the molecule is Cc1ccc(NC(=O)c2ccc3c(c2)nnn3Cc2ccccc2)cc1C. The lowest BCUT2D eigenvalue weighted by molar-refractivity contribution is 0.102. The number of carbonyl (C=O) groups excluding carboxylic acids is 1. The lowest BCUT2D eigenvalue weighted by Crippen LogP contribution is -2.12. The van der Waals surface area contributed by atoms with Crippen LogP contribution in [0.15, 0.2) is 66.7 Å². The van der Waals surface area contributed by atoms with Crippen LogP contribution in [0, 0.1) is 13.8 Å². The van der Waals surface area contributed by atoms with Gasteiger partial charge in [-0.2, -0.15) is 0 Å². The first kappa shape index (κ1) is 17.0. The number of carbonyl (C=O) groups is 1. The van der Waals surface area contributed by atoms with Crippen molar-refractivity contribution in [3.8, 4) is 0 Å². The Balaban J connectivity index is 1.56. The molecular formula is C22H20N4O. The molecule has 3 aromatic carbocycles. The van der Waals surface area contributed by atoms with Crippen molar-refractivity contribution in [3.05, 3.63) is 89.0 Å². The van der Waals surface area contributed by atoms with Crippen LogP contribution in [0.1, 0.15) is 27.0 Å². The van der Waals surface area contributed by atoms with E-state index < -0.39 is 0 Å². The Morgan fingerprint density at radius 1 is 0.963 bits per heavy atom. The second-order valence-electron chi connectivity index (χ2n) is 6.69. The quantitative estimate of drug-likeness (QED) is 0.591. The van der Waals surface area contributed by atoms with Crippen molar-refractivity contribution < 1.29 is 4.79 Å². The first-order valence-corrected chi connectivity index (χ1v) is 8.86. The second kappa shape index (κ2) is 7.03. The summed E-state index contributed by atoms with van der Waals surface area (Å²) in [4.78, 5) is 12.6. The van der Waals surface area contributed by atoms with Gasteiger partial charge in [-0.15, -0.1) is 5.10 Å². The molecule has 0 aliphatic carbocycles. The van der Waals surface area contributed by atoms with E-state index in [4.69, 9.17) is 0 Å². The van der Waals surface area contributed by atoms with Gasteiger partial charge in [0, 0.05) is 11.3 Å². The van der Waals surface area contributed by atoms with Crippen molar-refractivity contribution in [1.82, 2.24) is 15.0 Å². The van der Waals surface area contributed by atoms with Crippen LogP contribution in [0.4, 0.5) is 5.69 Å². The molecule has 0 saturated heterocycles. The predicted molar refractivity (Wildman–Crippen MR) is 107 cm³/mol. The summed E-state index contributed by atoms with van der Waals surface area (Å²) in [7, 11) is 0. The molecular weight excluding hydrogens is 336 g/mol. The zero-order valence-electron chi connectivity index (χ0n) is 15.3. The maximum Gasteiger partial charge on any atom is 0.255 e. The van der Waals surface area contributed by atoms with Crippen LogP contribution >= 0.6 is 0 Å². The summed E-state index contributed by atoms with van der Waals surface area (Å²) in [5, 5.41) is 11.4. The average molecular weight is 356 g/mol. The largest absolute Gasteiger partial charge is 0.322 e. The number of rotatable bonds is 4. The number of fused-ring (bicyclic) bond motifs is 1. The van der Waals surface area contributed by atoms with E-state index in [-0.39, 0.29) is 5.91 Å². The maximum atomic E-state index is 12.6. The summed E-state index contributed by atoms with van der Waals surface area (Å²) < 4.78 is 1.84. The highest BCUT2D eigenvalue weighted by Gasteiger charge is 2.11. The monoisotopic (exact) mass is 356 g/mol. The fourth-order valence-corrected chi connectivity index (χ4v) is 3.01. The zero-order valence-corrected chi connectivity index (χ0v) is 15.3. The molecule has 1 heterocycles. The molecule has 1 N–H and O–H groups in total. The van der Waals surface area contributed by atoms with Crippen molar-refractivity contribution in [3.63, 3.8) is 0 Å². The molecule has 0 spiro atoms. The minimum absolute atomic E-state index is 0.155. The number of aromatic nitrogens is 3. The van der Waals surface area contributed by atoms with Gasteiger partial charge >= 0.3 is 0 Å². The van der Waals surface area contributed by atoms with Gasteiger partial charge in [0.05, 0.1) is 12.1 Å². The minimum atomic E-state index is -0.155. The molecule has 0 aliphatic heterocycles. The third kappa shape index (κ3) is 3.58. The van der Waals surface area contributed by atoms with Gasteiger partial charge in [-0.1, -0.05) is 41.6 Å². The van der Waals surface area contributed by atoms with Crippen LogP contribution in [0.25, 0.3) is 11.0 Å². The van der Waals surface area contributed by atoms with E-state index in [1.807, 2.05) is 67.1 Å². The summed E-state index contributed by atoms with van der Waals surface area (Å²) in [6.45, 7) is 4.72. The standard InChI is InChI=1S/C22H20N4O/c1-15-8-10-19(12-16(15)2)23-22(27)18-9-11-21-20(13-18)24-25-26(21)14-17-6-4-3-5-7-17/h3-13H,14H2,1-2H3,(H,23,27). The average Bonchev–Trinajstić information content (AvgIpc) is 3.07. The Kier molecular flexibility index (Phi) is 4.42. The molecule has 0 unspecified atom stereocenters. The maximum absolute atomic E-state index is 12.6. The smallest absolute Gasteiger partial charge is 0.255 e. The van der Waals surface area contributed by atoms with Gasteiger partial charge < -0.3 is 5.32 Å². The van der Waals surface area contributed by atoms with E-state index in [1.165, 1.54) is 5.56 Å². The molecule has 4 rings (SSSR count). The molecule has 134 valence electrons. The van der Waals surface area contributed by atoms with E-state index in [2.05, 4.69) is 27.8 Å². The molecule has 1 amide bonds.